The van der Waals surface area contributed by atoms with Gasteiger partial charge in [0.1, 0.15) is 0 Å². The summed E-state index contributed by atoms with van der Waals surface area (Å²) in [6.07, 6.45) is 96.3. The molecule has 1 amide bonds. The summed E-state index contributed by atoms with van der Waals surface area (Å²) in [5, 5.41) is 23.5. The lowest BCUT2D eigenvalue weighted by atomic mass is 10.0. The van der Waals surface area contributed by atoms with Crippen LogP contribution in [0, 0.1) is 0 Å². The van der Waals surface area contributed by atoms with Crippen molar-refractivity contribution < 1.29 is 24.5 Å². The summed E-state index contributed by atoms with van der Waals surface area (Å²) in [5.74, 6) is 0.000262. The molecular formula is C81H161NO5. The molecule has 520 valence electrons. The van der Waals surface area contributed by atoms with Crippen molar-refractivity contribution in [3.05, 3.63) is 0 Å². The predicted octanol–water partition coefficient (Wildman–Crippen LogP) is 26.9. The van der Waals surface area contributed by atoms with E-state index < -0.39 is 12.1 Å². The summed E-state index contributed by atoms with van der Waals surface area (Å²) in [7, 11) is 0. The molecular weight excluding hydrogens is 1070 g/mol. The van der Waals surface area contributed by atoms with Crippen molar-refractivity contribution in [2.24, 2.45) is 0 Å². The third-order valence-corrected chi connectivity index (χ3v) is 19.7. The minimum absolute atomic E-state index is 0.0252. The first kappa shape index (κ1) is 85.9. The second-order valence-electron chi connectivity index (χ2n) is 28.5. The van der Waals surface area contributed by atoms with E-state index in [1.807, 2.05) is 0 Å². The van der Waals surface area contributed by atoms with Gasteiger partial charge in [-0.2, -0.15) is 0 Å². The molecule has 0 spiro atoms. The standard InChI is InChI=1S/C81H161NO5/c1-3-5-7-9-11-13-15-17-19-21-23-24-31-34-38-41-45-49-53-57-61-65-69-73-79(84)78(77-83)82-80(85)74-70-66-62-58-54-50-46-42-39-35-32-29-27-25-26-28-30-33-36-40-44-48-52-56-60-64-68-72-76-87-81(86)75-71-67-63-59-55-51-47-43-37-22-20-18-16-14-12-10-8-6-4-2/h78-79,83-84H,3-77H2,1-2H3,(H,82,85). The van der Waals surface area contributed by atoms with Crippen molar-refractivity contribution in [1.29, 1.82) is 0 Å². The second-order valence-corrected chi connectivity index (χ2v) is 28.5. The van der Waals surface area contributed by atoms with Gasteiger partial charge in [-0.3, -0.25) is 9.59 Å². The molecule has 2 atom stereocenters. The van der Waals surface area contributed by atoms with Crippen LogP contribution in [0.1, 0.15) is 483 Å². The summed E-state index contributed by atoms with van der Waals surface area (Å²) in [4.78, 5) is 24.7. The van der Waals surface area contributed by atoms with Crippen molar-refractivity contribution in [1.82, 2.24) is 5.32 Å². The Morgan fingerprint density at radius 1 is 0.276 bits per heavy atom. The van der Waals surface area contributed by atoms with E-state index in [4.69, 9.17) is 4.74 Å². The lowest BCUT2D eigenvalue weighted by Gasteiger charge is -2.22. The number of carbonyl (C=O) groups excluding carboxylic acids is 2. The Kier molecular flexibility index (Phi) is 76.3. The van der Waals surface area contributed by atoms with Gasteiger partial charge >= 0.3 is 5.97 Å². The quantitative estimate of drug-likeness (QED) is 0.0417. The third-order valence-electron chi connectivity index (χ3n) is 19.7. The number of esters is 1. The number of rotatable bonds is 78. The van der Waals surface area contributed by atoms with Crippen LogP contribution in [0.4, 0.5) is 0 Å². The van der Waals surface area contributed by atoms with Crippen LogP contribution in [0.2, 0.25) is 0 Å². The Bertz CT molecular complexity index is 1280. The van der Waals surface area contributed by atoms with Gasteiger partial charge in [0.2, 0.25) is 5.91 Å². The fourth-order valence-corrected chi connectivity index (χ4v) is 13.5. The second kappa shape index (κ2) is 77.3. The number of hydrogen-bond acceptors (Lipinski definition) is 5. The number of aliphatic hydroxyl groups is 2. The number of carbonyl (C=O) groups is 2. The average molecular weight is 1230 g/mol. The normalized spacial score (nSPS) is 12.4. The summed E-state index contributed by atoms with van der Waals surface area (Å²) >= 11 is 0. The molecule has 0 bridgehead atoms. The molecule has 0 radical (unpaired) electrons. The largest absolute Gasteiger partial charge is 0.466 e. The maximum absolute atomic E-state index is 12.6. The molecule has 0 fully saturated rings. The van der Waals surface area contributed by atoms with Crippen LogP contribution in [0.3, 0.4) is 0 Å². The molecule has 0 aromatic rings. The molecule has 3 N–H and O–H groups in total. The summed E-state index contributed by atoms with van der Waals surface area (Å²) < 4.78 is 5.52. The molecule has 0 aliphatic rings. The van der Waals surface area contributed by atoms with Gasteiger partial charge in [-0.25, -0.2) is 0 Å². The molecule has 6 nitrogen and oxygen atoms in total. The van der Waals surface area contributed by atoms with Gasteiger partial charge in [-0.1, -0.05) is 444 Å². The van der Waals surface area contributed by atoms with Crippen molar-refractivity contribution >= 4 is 11.9 Å². The van der Waals surface area contributed by atoms with Gasteiger partial charge in [0.05, 0.1) is 25.4 Å². The van der Waals surface area contributed by atoms with Crippen molar-refractivity contribution in [2.45, 2.75) is 495 Å². The van der Waals surface area contributed by atoms with Crippen molar-refractivity contribution in [2.75, 3.05) is 13.2 Å². The van der Waals surface area contributed by atoms with Gasteiger partial charge in [-0.15, -0.1) is 0 Å². The minimum atomic E-state index is -0.663. The van der Waals surface area contributed by atoms with E-state index in [-0.39, 0.29) is 18.5 Å². The van der Waals surface area contributed by atoms with Crippen LogP contribution in [0.5, 0.6) is 0 Å². The summed E-state index contributed by atoms with van der Waals surface area (Å²) in [6, 6.07) is -0.539. The first-order valence-corrected chi connectivity index (χ1v) is 40.8. The fraction of sp³-hybridized carbons (Fsp3) is 0.975. The lowest BCUT2D eigenvalue weighted by molar-refractivity contribution is -0.143. The van der Waals surface area contributed by atoms with Gasteiger partial charge < -0.3 is 20.3 Å². The van der Waals surface area contributed by atoms with E-state index in [0.717, 1.165) is 38.5 Å². The predicted molar refractivity (Wildman–Crippen MR) is 384 cm³/mol. The number of hydrogen-bond donors (Lipinski definition) is 3. The van der Waals surface area contributed by atoms with Gasteiger partial charge in [0.15, 0.2) is 0 Å². The highest BCUT2D eigenvalue weighted by Crippen LogP contribution is 2.21. The van der Waals surface area contributed by atoms with Crippen molar-refractivity contribution in [3.8, 4) is 0 Å². The number of aliphatic hydroxyl groups excluding tert-OH is 2. The zero-order valence-corrected chi connectivity index (χ0v) is 59.8. The molecule has 0 aromatic carbocycles. The molecule has 6 heteroatoms. The van der Waals surface area contributed by atoms with Crippen LogP contribution in [0.15, 0.2) is 0 Å². The SMILES string of the molecule is CCCCCCCCCCCCCCCCCCCCCCCCCC(O)C(CO)NC(=O)CCCCCCCCCCCCCCCCCCCCCCCCCCCCCCOC(=O)CCCCCCCCCCCCCCCCCCCCC. The first-order chi connectivity index (χ1) is 43.0. The Morgan fingerprint density at radius 2 is 0.471 bits per heavy atom. The zero-order valence-electron chi connectivity index (χ0n) is 59.8. The Balaban J connectivity index is 3.32. The number of nitrogens with one attached hydrogen (secondary N) is 1. The zero-order chi connectivity index (χ0) is 62.8. The van der Waals surface area contributed by atoms with Crippen molar-refractivity contribution in [3.63, 3.8) is 0 Å². The molecule has 87 heavy (non-hydrogen) atoms. The molecule has 0 heterocycles. The number of amides is 1. The molecule has 0 aliphatic carbocycles. The summed E-state index contributed by atoms with van der Waals surface area (Å²) in [6.45, 7) is 5.03. The van der Waals surface area contributed by atoms with Gasteiger partial charge in [-0.05, 0) is 25.7 Å². The van der Waals surface area contributed by atoms with E-state index in [1.165, 1.54) is 411 Å². The average Bonchev–Trinajstić information content (AvgIpc) is 3.54. The maximum atomic E-state index is 12.6. The van der Waals surface area contributed by atoms with Gasteiger partial charge in [0.25, 0.3) is 0 Å². The number of ether oxygens (including phenoxy) is 1. The monoisotopic (exact) mass is 1230 g/mol. The lowest BCUT2D eigenvalue weighted by Crippen LogP contribution is -2.45. The third kappa shape index (κ3) is 73.8. The molecule has 0 aromatic heterocycles. The number of unbranched alkanes of at least 4 members (excludes halogenated alkanes) is 67. The van der Waals surface area contributed by atoms with Gasteiger partial charge in [0, 0.05) is 12.8 Å². The van der Waals surface area contributed by atoms with E-state index in [0.29, 0.717) is 25.9 Å². The van der Waals surface area contributed by atoms with Crippen LogP contribution in [-0.2, 0) is 14.3 Å². The van der Waals surface area contributed by atoms with E-state index >= 15 is 0 Å². The first-order valence-electron chi connectivity index (χ1n) is 40.8. The smallest absolute Gasteiger partial charge is 0.305 e. The highest BCUT2D eigenvalue weighted by Gasteiger charge is 2.20. The van der Waals surface area contributed by atoms with Crippen LogP contribution >= 0.6 is 0 Å². The molecule has 0 aliphatic heterocycles. The molecule has 0 rings (SSSR count). The molecule has 2 unspecified atom stereocenters. The van der Waals surface area contributed by atoms with Crippen LogP contribution < -0.4 is 5.32 Å². The Labute approximate surface area is 547 Å². The highest BCUT2D eigenvalue weighted by molar-refractivity contribution is 5.76. The Hall–Kier alpha value is -1.14. The van der Waals surface area contributed by atoms with E-state index in [9.17, 15) is 19.8 Å². The highest BCUT2D eigenvalue weighted by atomic mass is 16.5. The van der Waals surface area contributed by atoms with E-state index in [1.54, 1.807) is 0 Å². The maximum Gasteiger partial charge on any atom is 0.305 e. The molecule has 0 saturated heterocycles. The topological polar surface area (TPSA) is 95.9 Å². The minimum Gasteiger partial charge on any atom is -0.466 e. The van der Waals surface area contributed by atoms with Crippen LogP contribution in [-0.4, -0.2) is 47.4 Å². The van der Waals surface area contributed by atoms with Crippen LogP contribution in [0.25, 0.3) is 0 Å². The fourth-order valence-electron chi connectivity index (χ4n) is 13.5. The molecule has 0 saturated carbocycles. The summed E-state index contributed by atoms with van der Waals surface area (Å²) in [5.41, 5.74) is 0. The Morgan fingerprint density at radius 3 is 0.701 bits per heavy atom. The van der Waals surface area contributed by atoms with E-state index in [2.05, 4.69) is 19.2 Å².